The van der Waals surface area contributed by atoms with Crippen molar-refractivity contribution in [2.75, 3.05) is 25.0 Å². The van der Waals surface area contributed by atoms with Crippen LogP contribution in [-0.4, -0.2) is 50.8 Å². The molecule has 2 amide bonds. The fraction of sp³-hybridized carbons (Fsp3) is 0.368. The van der Waals surface area contributed by atoms with Crippen molar-refractivity contribution in [3.63, 3.8) is 0 Å². The number of aryl methyl sites for hydroxylation is 1. The largest absolute Gasteiger partial charge is 0.468 e. The number of hydrogen-bond acceptors (Lipinski definition) is 6. The van der Waals surface area contributed by atoms with Crippen LogP contribution in [0.2, 0.25) is 0 Å². The molecule has 0 unspecified atom stereocenters. The lowest BCUT2D eigenvalue weighted by atomic mass is 10.2. The van der Waals surface area contributed by atoms with Gasteiger partial charge in [0, 0.05) is 6.54 Å². The smallest absolute Gasteiger partial charge is 0.319 e. The van der Waals surface area contributed by atoms with Gasteiger partial charge in [-0.05, 0) is 60.3 Å². The van der Waals surface area contributed by atoms with Gasteiger partial charge in [-0.15, -0.1) is 5.10 Å². The number of nitrogens with one attached hydrogen (secondary N) is 2. The SMILES string of the molecule is CCN(CC)[C@@H](CNC(=O)Nc1cc(C)ccc1-n1cnnn1)c1ccco1. The number of tetrazole rings is 1. The minimum atomic E-state index is -0.302. The van der Waals surface area contributed by atoms with E-state index in [1.165, 1.54) is 11.0 Å². The zero-order valence-electron chi connectivity index (χ0n) is 16.3. The standard InChI is InChI=1S/C19H25N7O2/c1-4-25(5-2)17(18-7-6-10-28-18)12-20-19(27)22-15-11-14(3)8-9-16(15)26-13-21-23-24-26/h6-11,13,17H,4-5,12H2,1-3H3,(H2,20,22,27)/t17-/m0/s1. The van der Waals surface area contributed by atoms with E-state index >= 15 is 0 Å². The van der Waals surface area contributed by atoms with Gasteiger partial charge in [0.25, 0.3) is 0 Å². The first-order valence-corrected chi connectivity index (χ1v) is 9.28. The Morgan fingerprint density at radius 3 is 2.75 bits per heavy atom. The van der Waals surface area contributed by atoms with E-state index in [1.807, 2.05) is 37.3 Å². The van der Waals surface area contributed by atoms with E-state index in [1.54, 1.807) is 6.26 Å². The monoisotopic (exact) mass is 383 g/mol. The molecule has 0 spiro atoms. The first-order valence-electron chi connectivity index (χ1n) is 9.28. The Hall–Kier alpha value is -3.20. The van der Waals surface area contributed by atoms with Crippen LogP contribution in [0.3, 0.4) is 0 Å². The minimum Gasteiger partial charge on any atom is -0.468 e. The van der Waals surface area contributed by atoms with Crippen molar-refractivity contribution in [2.24, 2.45) is 0 Å². The van der Waals surface area contributed by atoms with Crippen molar-refractivity contribution in [3.8, 4) is 5.69 Å². The summed E-state index contributed by atoms with van der Waals surface area (Å²) in [5.41, 5.74) is 2.34. The van der Waals surface area contributed by atoms with Crippen LogP contribution in [0.4, 0.5) is 10.5 Å². The van der Waals surface area contributed by atoms with Gasteiger partial charge >= 0.3 is 6.03 Å². The number of hydrogen-bond donors (Lipinski definition) is 2. The van der Waals surface area contributed by atoms with Crippen LogP contribution < -0.4 is 10.6 Å². The van der Waals surface area contributed by atoms with Gasteiger partial charge in [0.1, 0.15) is 12.1 Å². The summed E-state index contributed by atoms with van der Waals surface area (Å²) in [6, 6.07) is 9.13. The molecule has 3 rings (SSSR count). The maximum atomic E-state index is 12.6. The number of anilines is 1. The van der Waals surface area contributed by atoms with E-state index in [9.17, 15) is 4.79 Å². The molecule has 2 N–H and O–H groups in total. The summed E-state index contributed by atoms with van der Waals surface area (Å²) in [6.45, 7) is 8.27. The van der Waals surface area contributed by atoms with Gasteiger partial charge in [0.2, 0.25) is 0 Å². The van der Waals surface area contributed by atoms with Gasteiger partial charge in [-0.1, -0.05) is 19.9 Å². The molecule has 2 aromatic heterocycles. The van der Waals surface area contributed by atoms with Gasteiger partial charge < -0.3 is 15.1 Å². The summed E-state index contributed by atoms with van der Waals surface area (Å²) in [7, 11) is 0. The lowest BCUT2D eigenvalue weighted by Crippen LogP contribution is -2.39. The highest BCUT2D eigenvalue weighted by molar-refractivity contribution is 5.91. The average Bonchev–Trinajstić information content (AvgIpc) is 3.39. The molecule has 0 saturated carbocycles. The fourth-order valence-electron chi connectivity index (χ4n) is 3.13. The molecular formula is C19H25N7O2. The molecule has 1 aromatic carbocycles. The number of benzene rings is 1. The molecule has 0 aliphatic rings. The predicted molar refractivity (Wildman–Crippen MR) is 105 cm³/mol. The second-order valence-corrected chi connectivity index (χ2v) is 6.36. The molecule has 3 aromatic rings. The lowest BCUT2D eigenvalue weighted by molar-refractivity contribution is 0.188. The Morgan fingerprint density at radius 1 is 1.29 bits per heavy atom. The second-order valence-electron chi connectivity index (χ2n) is 6.36. The van der Waals surface area contributed by atoms with Crippen LogP contribution in [0.15, 0.2) is 47.3 Å². The van der Waals surface area contributed by atoms with E-state index in [-0.39, 0.29) is 12.1 Å². The first kappa shape index (κ1) is 19.6. The molecule has 0 aliphatic carbocycles. The third-order valence-corrected chi connectivity index (χ3v) is 4.58. The van der Waals surface area contributed by atoms with Crippen molar-refractivity contribution in [3.05, 3.63) is 54.2 Å². The van der Waals surface area contributed by atoms with E-state index < -0.39 is 0 Å². The van der Waals surface area contributed by atoms with Gasteiger partial charge in [-0.25, -0.2) is 4.79 Å². The molecule has 0 aliphatic heterocycles. The summed E-state index contributed by atoms with van der Waals surface area (Å²) in [5.74, 6) is 0.828. The van der Waals surface area contributed by atoms with Crippen LogP contribution in [-0.2, 0) is 0 Å². The molecule has 0 bridgehead atoms. The van der Waals surface area contributed by atoms with E-state index in [4.69, 9.17) is 4.42 Å². The normalized spacial score (nSPS) is 12.1. The Labute approximate surface area is 163 Å². The molecule has 2 heterocycles. The molecular weight excluding hydrogens is 358 g/mol. The minimum absolute atomic E-state index is 0.0350. The number of carbonyl (C=O) groups excluding carboxylic acids is 1. The summed E-state index contributed by atoms with van der Waals surface area (Å²) in [5, 5.41) is 17.1. The molecule has 1 atom stereocenters. The number of carbonyl (C=O) groups is 1. The van der Waals surface area contributed by atoms with Crippen molar-refractivity contribution < 1.29 is 9.21 Å². The molecule has 148 valence electrons. The van der Waals surface area contributed by atoms with Gasteiger partial charge in [-0.3, -0.25) is 4.90 Å². The summed E-state index contributed by atoms with van der Waals surface area (Å²) in [6.07, 6.45) is 3.14. The van der Waals surface area contributed by atoms with Crippen LogP contribution in [0.25, 0.3) is 5.69 Å². The number of furan rings is 1. The predicted octanol–water partition coefficient (Wildman–Crippen LogP) is 2.77. The summed E-state index contributed by atoms with van der Waals surface area (Å²) in [4.78, 5) is 14.8. The molecule has 28 heavy (non-hydrogen) atoms. The Bertz CT molecular complexity index is 874. The number of nitrogens with zero attached hydrogens (tertiary/aromatic N) is 5. The van der Waals surface area contributed by atoms with Crippen molar-refractivity contribution >= 4 is 11.7 Å². The third kappa shape index (κ3) is 4.55. The highest BCUT2D eigenvalue weighted by Gasteiger charge is 2.21. The van der Waals surface area contributed by atoms with Crippen LogP contribution in [0.5, 0.6) is 0 Å². The van der Waals surface area contributed by atoms with Crippen LogP contribution in [0.1, 0.15) is 31.2 Å². The zero-order chi connectivity index (χ0) is 19.9. The van der Waals surface area contributed by atoms with E-state index in [0.717, 1.165) is 24.4 Å². The molecule has 0 radical (unpaired) electrons. The van der Waals surface area contributed by atoms with Crippen LogP contribution >= 0.6 is 0 Å². The second kappa shape index (κ2) is 9.14. The highest BCUT2D eigenvalue weighted by atomic mass is 16.3. The average molecular weight is 383 g/mol. The topological polar surface area (TPSA) is 101 Å². The maximum absolute atomic E-state index is 12.6. The van der Waals surface area contributed by atoms with Crippen molar-refractivity contribution in [1.29, 1.82) is 0 Å². The highest BCUT2D eigenvalue weighted by Crippen LogP contribution is 2.22. The number of amides is 2. The lowest BCUT2D eigenvalue weighted by Gasteiger charge is -2.28. The summed E-state index contributed by atoms with van der Waals surface area (Å²) < 4.78 is 7.09. The quantitative estimate of drug-likeness (QED) is 0.620. The van der Waals surface area contributed by atoms with Gasteiger partial charge in [0.05, 0.1) is 23.7 Å². The van der Waals surface area contributed by atoms with Crippen molar-refractivity contribution in [2.45, 2.75) is 26.8 Å². The number of likely N-dealkylation sites (N-methyl/N-ethyl adjacent to an activating group) is 1. The Kier molecular flexibility index (Phi) is 6.38. The molecule has 0 saturated heterocycles. The molecule has 9 heteroatoms. The number of rotatable bonds is 8. The molecule has 0 fully saturated rings. The van der Waals surface area contributed by atoms with E-state index in [2.05, 4.69) is 44.9 Å². The Morgan fingerprint density at radius 2 is 2.11 bits per heavy atom. The van der Waals surface area contributed by atoms with Crippen LogP contribution in [0, 0.1) is 6.92 Å². The Balaban J connectivity index is 1.71. The van der Waals surface area contributed by atoms with E-state index in [0.29, 0.717) is 17.9 Å². The number of urea groups is 1. The fourth-order valence-corrected chi connectivity index (χ4v) is 3.13. The number of aromatic nitrogens is 4. The van der Waals surface area contributed by atoms with Gasteiger partial charge in [0.15, 0.2) is 0 Å². The maximum Gasteiger partial charge on any atom is 0.319 e. The molecule has 9 nitrogen and oxygen atoms in total. The zero-order valence-corrected chi connectivity index (χ0v) is 16.3. The summed E-state index contributed by atoms with van der Waals surface area (Å²) >= 11 is 0. The van der Waals surface area contributed by atoms with Crippen molar-refractivity contribution in [1.82, 2.24) is 30.4 Å². The third-order valence-electron chi connectivity index (χ3n) is 4.58. The van der Waals surface area contributed by atoms with Gasteiger partial charge in [-0.2, -0.15) is 4.68 Å². The first-order chi connectivity index (χ1) is 13.6.